The average Bonchev–Trinajstić information content (AvgIpc) is 3.84. The summed E-state index contributed by atoms with van der Waals surface area (Å²) in [5.74, 6) is 0. The Bertz CT molecular complexity index is 3180. The van der Waals surface area contributed by atoms with Crippen LogP contribution >= 0.6 is 0 Å². The molecular formula is C54H36N2O. The Hall–Kier alpha value is -7.62. The predicted octanol–water partition coefficient (Wildman–Crippen LogP) is 15.2. The van der Waals surface area contributed by atoms with Crippen molar-refractivity contribution in [3.8, 4) is 39.1 Å². The number of benzene rings is 9. The number of aromatic nitrogens is 1. The van der Waals surface area contributed by atoms with Crippen LogP contribution in [0.2, 0.25) is 0 Å². The molecule has 268 valence electrons. The van der Waals surface area contributed by atoms with Gasteiger partial charge in [0, 0.05) is 44.5 Å². The molecular weight excluding hydrogens is 693 g/mol. The Labute approximate surface area is 330 Å². The highest BCUT2D eigenvalue weighted by molar-refractivity contribution is 6.27. The third-order valence-corrected chi connectivity index (χ3v) is 11.2. The maximum absolute atomic E-state index is 6.68. The third kappa shape index (κ3) is 5.60. The minimum Gasteiger partial charge on any atom is -0.455 e. The van der Waals surface area contributed by atoms with E-state index in [1.165, 1.54) is 27.6 Å². The van der Waals surface area contributed by atoms with Gasteiger partial charge in [-0.15, -0.1) is 0 Å². The van der Waals surface area contributed by atoms with E-state index in [-0.39, 0.29) is 0 Å². The van der Waals surface area contributed by atoms with Crippen LogP contribution in [0.3, 0.4) is 0 Å². The van der Waals surface area contributed by atoms with Crippen molar-refractivity contribution in [2.45, 2.75) is 0 Å². The lowest BCUT2D eigenvalue weighted by Gasteiger charge is -2.26. The number of para-hydroxylation sites is 4. The topological polar surface area (TPSA) is 21.3 Å². The summed E-state index contributed by atoms with van der Waals surface area (Å²) in [6.45, 7) is 0. The van der Waals surface area contributed by atoms with E-state index < -0.39 is 0 Å². The molecule has 0 amide bonds. The predicted molar refractivity (Wildman–Crippen MR) is 239 cm³/mol. The minimum absolute atomic E-state index is 0.899. The van der Waals surface area contributed by atoms with E-state index in [1.807, 2.05) is 6.07 Å². The van der Waals surface area contributed by atoms with Gasteiger partial charge in [0.1, 0.15) is 11.2 Å². The number of rotatable bonds is 7. The van der Waals surface area contributed by atoms with Gasteiger partial charge in [0.2, 0.25) is 0 Å². The summed E-state index contributed by atoms with van der Waals surface area (Å²) < 4.78 is 9.08. The van der Waals surface area contributed by atoms with Gasteiger partial charge >= 0.3 is 0 Å². The Kier molecular flexibility index (Phi) is 7.82. The molecule has 0 N–H and O–H groups in total. The van der Waals surface area contributed by atoms with Crippen LogP contribution in [0.25, 0.3) is 82.8 Å². The molecule has 0 aliphatic heterocycles. The van der Waals surface area contributed by atoms with Gasteiger partial charge in [-0.1, -0.05) is 152 Å². The van der Waals surface area contributed by atoms with E-state index in [9.17, 15) is 0 Å². The van der Waals surface area contributed by atoms with Gasteiger partial charge in [0.25, 0.3) is 0 Å². The fourth-order valence-corrected chi connectivity index (χ4v) is 8.50. The van der Waals surface area contributed by atoms with Crippen molar-refractivity contribution in [3.05, 3.63) is 218 Å². The summed E-state index contributed by atoms with van der Waals surface area (Å²) in [6.07, 6.45) is 0. The number of hydrogen-bond donors (Lipinski definition) is 0. The number of anilines is 3. The lowest BCUT2D eigenvalue weighted by Crippen LogP contribution is -2.09. The Morgan fingerprint density at radius 2 is 0.842 bits per heavy atom. The van der Waals surface area contributed by atoms with Crippen molar-refractivity contribution < 1.29 is 4.42 Å². The molecule has 3 heteroatoms. The highest BCUT2D eigenvalue weighted by Crippen LogP contribution is 2.45. The highest BCUT2D eigenvalue weighted by atomic mass is 16.3. The summed E-state index contributed by atoms with van der Waals surface area (Å²) in [6, 6.07) is 77.9. The Morgan fingerprint density at radius 1 is 0.368 bits per heavy atom. The summed E-state index contributed by atoms with van der Waals surface area (Å²) in [7, 11) is 0. The molecule has 0 saturated heterocycles. The van der Waals surface area contributed by atoms with Crippen LogP contribution in [0.5, 0.6) is 0 Å². The average molecular weight is 729 g/mol. The molecule has 57 heavy (non-hydrogen) atoms. The van der Waals surface area contributed by atoms with Crippen molar-refractivity contribution in [2.75, 3.05) is 4.90 Å². The zero-order valence-corrected chi connectivity index (χ0v) is 31.1. The van der Waals surface area contributed by atoms with Crippen LogP contribution in [0, 0.1) is 0 Å². The standard InChI is InChI=1S/C54H36N2O/c1-4-14-37(15-5-1)39-28-32-44(33-29-39)55(42-16-6-2-7-17-42)45-34-30-40(31-35-45)38-24-26-41(27-25-38)48-36-49-46-20-11-13-23-51(46)57-54(49)52-47-21-10-12-22-50(47)56(53(48)52)43-18-8-3-9-19-43/h1-36H. The van der Waals surface area contributed by atoms with E-state index >= 15 is 0 Å². The first kappa shape index (κ1) is 32.8. The molecule has 3 nitrogen and oxygen atoms in total. The smallest absolute Gasteiger partial charge is 0.145 e. The van der Waals surface area contributed by atoms with E-state index in [2.05, 4.69) is 222 Å². The quantitative estimate of drug-likeness (QED) is 0.163. The van der Waals surface area contributed by atoms with Crippen LogP contribution in [0.1, 0.15) is 0 Å². The highest BCUT2D eigenvalue weighted by Gasteiger charge is 2.23. The van der Waals surface area contributed by atoms with Gasteiger partial charge < -0.3 is 13.9 Å². The monoisotopic (exact) mass is 728 g/mol. The summed E-state index contributed by atoms with van der Waals surface area (Å²) in [4.78, 5) is 2.31. The summed E-state index contributed by atoms with van der Waals surface area (Å²) in [5, 5.41) is 4.56. The fourth-order valence-electron chi connectivity index (χ4n) is 8.50. The SMILES string of the molecule is c1ccc(-c2ccc(N(c3ccccc3)c3ccc(-c4ccc(-c5cc6c7ccccc7oc6c6c7ccccc7n(-c7ccccc7)c56)cc4)cc3)cc2)cc1. The van der Waals surface area contributed by atoms with Gasteiger partial charge in [-0.25, -0.2) is 0 Å². The summed E-state index contributed by atoms with van der Waals surface area (Å²) in [5.41, 5.74) is 15.6. The largest absolute Gasteiger partial charge is 0.455 e. The second-order valence-electron chi connectivity index (χ2n) is 14.5. The first-order chi connectivity index (χ1) is 28.3. The Morgan fingerprint density at radius 3 is 1.49 bits per heavy atom. The van der Waals surface area contributed by atoms with Gasteiger partial charge in [0.15, 0.2) is 0 Å². The fraction of sp³-hybridized carbons (Fsp3) is 0. The van der Waals surface area contributed by atoms with Crippen molar-refractivity contribution in [1.29, 1.82) is 0 Å². The van der Waals surface area contributed by atoms with Crippen LogP contribution in [-0.2, 0) is 0 Å². The van der Waals surface area contributed by atoms with Crippen molar-refractivity contribution in [1.82, 2.24) is 4.57 Å². The zero-order valence-electron chi connectivity index (χ0n) is 31.1. The van der Waals surface area contributed by atoms with Gasteiger partial charge in [0.05, 0.1) is 16.4 Å². The molecule has 0 fully saturated rings. The molecule has 0 radical (unpaired) electrons. The van der Waals surface area contributed by atoms with E-state index in [1.54, 1.807) is 0 Å². The minimum atomic E-state index is 0.899. The van der Waals surface area contributed by atoms with E-state index in [0.717, 1.165) is 72.2 Å². The molecule has 0 aliphatic carbocycles. The molecule has 2 heterocycles. The number of hydrogen-bond acceptors (Lipinski definition) is 2. The Balaban J connectivity index is 1.01. The molecule has 11 aromatic rings. The first-order valence-electron chi connectivity index (χ1n) is 19.4. The first-order valence-corrected chi connectivity index (χ1v) is 19.4. The molecule has 0 bridgehead atoms. The molecule has 0 spiro atoms. The normalized spacial score (nSPS) is 11.5. The van der Waals surface area contributed by atoms with Crippen LogP contribution in [-0.4, -0.2) is 4.57 Å². The van der Waals surface area contributed by atoms with E-state index in [4.69, 9.17) is 4.42 Å². The number of nitrogens with zero attached hydrogens (tertiary/aromatic N) is 2. The van der Waals surface area contributed by atoms with Gasteiger partial charge in [-0.2, -0.15) is 0 Å². The van der Waals surface area contributed by atoms with Crippen molar-refractivity contribution in [2.24, 2.45) is 0 Å². The molecule has 0 atom stereocenters. The molecule has 11 rings (SSSR count). The van der Waals surface area contributed by atoms with Crippen LogP contribution in [0.4, 0.5) is 17.1 Å². The maximum Gasteiger partial charge on any atom is 0.145 e. The molecule has 0 unspecified atom stereocenters. The van der Waals surface area contributed by atoms with Crippen molar-refractivity contribution >= 4 is 60.8 Å². The van der Waals surface area contributed by atoms with Gasteiger partial charge in [-0.05, 0) is 94.5 Å². The van der Waals surface area contributed by atoms with E-state index in [0.29, 0.717) is 0 Å². The zero-order chi connectivity index (χ0) is 37.7. The number of furan rings is 1. The molecule has 0 aliphatic rings. The third-order valence-electron chi connectivity index (χ3n) is 11.2. The van der Waals surface area contributed by atoms with Crippen LogP contribution in [0.15, 0.2) is 223 Å². The van der Waals surface area contributed by atoms with Gasteiger partial charge in [-0.3, -0.25) is 0 Å². The lowest BCUT2D eigenvalue weighted by atomic mass is 9.96. The second kappa shape index (κ2) is 13.6. The molecule has 9 aromatic carbocycles. The van der Waals surface area contributed by atoms with Crippen molar-refractivity contribution in [3.63, 3.8) is 0 Å². The number of fused-ring (bicyclic) bond motifs is 7. The maximum atomic E-state index is 6.68. The molecule has 0 saturated carbocycles. The second-order valence-corrected chi connectivity index (χ2v) is 14.5. The summed E-state index contributed by atoms with van der Waals surface area (Å²) >= 11 is 0. The lowest BCUT2D eigenvalue weighted by molar-refractivity contribution is 0.673. The molecule has 2 aromatic heterocycles. The van der Waals surface area contributed by atoms with Crippen LogP contribution < -0.4 is 4.90 Å².